The first-order chi connectivity index (χ1) is 17.5. The van der Waals surface area contributed by atoms with Gasteiger partial charge < -0.3 is 30.7 Å². The van der Waals surface area contributed by atoms with E-state index < -0.39 is 35.5 Å². The zero-order valence-electron chi connectivity index (χ0n) is 21.0. The topological polar surface area (TPSA) is 179 Å². The Morgan fingerprint density at radius 3 is 2.11 bits per heavy atom. The summed E-state index contributed by atoms with van der Waals surface area (Å²) in [5.74, 6) is -4.94. The van der Waals surface area contributed by atoms with Gasteiger partial charge in [0.15, 0.2) is 0 Å². The molecule has 0 bridgehead atoms. The van der Waals surface area contributed by atoms with Gasteiger partial charge in [-0.3, -0.25) is 14.4 Å². The third-order valence-electron chi connectivity index (χ3n) is 6.52. The second kappa shape index (κ2) is 14.2. The van der Waals surface area contributed by atoms with Crippen molar-refractivity contribution in [3.63, 3.8) is 0 Å². The summed E-state index contributed by atoms with van der Waals surface area (Å²) in [6.07, 6.45) is 3.75. The van der Waals surface area contributed by atoms with Gasteiger partial charge in [-0.25, -0.2) is 9.59 Å². The number of carboxylic acid groups (broad SMARTS) is 3. The van der Waals surface area contributed by atoms with Gasteiger partial charge >= 0.3 is 17.9 Å². The number of ether oxygens (including phenoxy) is 1. The van der Waals surface area contributed by atoms with Crippen LogP contribution in [0.1, 0.15) is 70.3 Å². The molecule has 0 saturated heterocycles. The SMILES string of the molecule is CCCCCNC(=O)[C@H](Cc1ccc(OC(C(=O)O)C(=O)O)cc1)NC(=O)CC1(CC(=O)O)CCCC1. The number of nitrogens with one attached hydrogen (secondary N) is 2. The molecule has 0 heterocycles. The van der Waals surface area contributed by atoms with E-state index in [-0.39, 0.29) is 36.8 Å². The summed E-state index contributed by atoms with van der Waals surface area (Å²) < 4.78 is 5.01. The van der Waals surface area contributed by atoms with Gasteiger partial charge in [-0.2, -0.15) is 0 Å². The van der Waals surface area contributed by atoms with Gasteiger partial charge in [0.2, 0.25) is 11.8 Å². The molecule has 11 heteroatoms. The van der Waals surface area contributed by atoms with Crippen molar-refractivity contribution < 1.29 is 44.0 Å². The number of carbonyl (C=O) groups is 5. The molecule has 1 aromatic carbocycles. The van der Waals surface area contributed by atoms with Gasteiger partial charge in [0.1, 0.15) is 11.8 Å². The third kappa shape index (κ3) is 9.74. The van der Waals surface area contributed by atoms with E-state index >= 15 is 0 Å². The number of aliphatic carboxylic acids is 3. The average Bonchev–Trinajstić information content (AvgIpc) is 3.27. The molecule has 2 amide bonds. The molecule has 0 radical (unpaired) electrons. The average molecular weight is 521 g/mol. The van der Waals surface area contributed by atoms with Crippen molar-refractivity contribution >= 4 is 29.7 Å². The van der Waals surface area contributed by atoms with Crippen molar-refractivity contribution in [1.82, 2.24) is 10.6 Å². The first-order valence-electron chi connectivity index (χ1n) is 12.6. The molecule has 37 heavy (non-hydrogen) atoms. The van der Waals surface area contributed by atoms with Crippen LogP contribution in [0.4, 0.5) is 0 Å². The monoisotopic (exact) mass is 520 g/mol. The van der Waals surface area contributed by atoms with E-state index in [1.807, 2.05) is 6.92 Å². The number of unbranched alkanes of at least 4 members (excludes halogenated alkanes) is 2. The Morgan fingerprint density at radius 1 is 0.946 bits per heavy atom. The highest BCUT2D eigenvalue weighted by Crippen LogP contribution is 2.44. The van der Waals surface area contributed by atoms with Gasteiger partial charge in [-0.05, 0) is 42.4 Å². The van der Waals surface area contributed by atoms with Crippen LogP contribution in [-0.4, -0.2) is 63.7 Å². The van der Waals surface area contributed by atoms with Crippen molar-refractivity contribution in [1.29, 1.82) is 0 Å². The van der Waals surface area contributed by atoms with Gasteiger partial charge in [-0.15, -0.1) is 0 Å². The fraction of sp³-hybridized carbons (Fsp3) is 0.577. The zero-order valence-corrected chi connectivity index (χ0v) is 21.0. The van der Waals surface area contributed by atoms with Gasteiger partial charge in [0.25, 0.3) is 6.10 Å². The highest BCUT2D eigenvalue weighted by Gasteiger charge is 2.38. The number of benzene rings is 1. The van der Waals surface area contributed by atoms with E-state index in [0.29, 0.717) is 24.9 Å². The molecule has 5 N–H and O–H groups in total. The van der Waals surface area contributed by atoms with E-state index in [0.717, 1.165) is 32.1 Å². The van der Waals surface area contributed by atoms with Crippen molar-refractivity contribution in [3.05, 3.63) is 29.8 Å². The van der Waals surface area contributed by atoms with Crippen LogP contribution < -0.4 is 15.4 Å². The van der Waals surface area contributed by atoms with Crippen LogP contribution >= 0.6 is 0 Å². The van der Waals surface area contributed by atoms with Gasteiger partial charge in [0, 0.05) is 19.4 Å². The first-order valence-corrected chi connectivity index (χ1v) is 12.6. The predicted octanol–water partition coefficient (Wildman–Crippen LogP) is 2.36. The molecule has 1 aliphatic carbocycles. The lowest BCUT2D eigenvalue weighted by Gasteiger charge is -2.27. The summed E-state index contributed by atoms with van der Waals surface area (Å²) in [4.78, 5) is 59.4. The number of hydrogen-bond donors (Lipinski definition) is 5. The van der Waals surface area contributed by atoms with Crippen LogP contribution in [0, 0.1) is 5.41 Å². The van der Waals surface area contributed by atoms with Crippen molar-refractivity contribution in [3.8, 4) is 5.75 Å². The Morgan fingerprint density at radius 2 is 1.57 bits per heavy atom. The van der Waals surface area contributed by atoms with E-state index in [2.05, 4.69) is 10.6 Å². The highest BCUT2D eigenvalue weighted by atomic mass is 16.5. The Kier molecular flexibility index (Phi) is 11.4. The summed E-state index contributed by atoms with van der Waals surface area (Å²) >= 11 is 0. The van der Waals surface area contributed by atoms with Crippen LogP contribution in [0.25, 0.3) is 0 Å². The molecular weight excluding hydrogens is 484 g/mol. The minimum atomic E-state index is -2.06. The van der Waals surface area contributed by atoms with E-state index in [1.54, 1.807) is 12.1 Å². The van der Waals surface area contributed by atoms with Crippen LogP contribution in [-0.2, 0) is 30.4 Å². The lowest BCUT2D eigenvalue weighted by molar-refractivity contribution is -0.159. The van der Waals surface area contributed by atoms with Gasteiger partial charge in [0.05, 0.1) is 6.42 Å². The minimum Gasteiger partial charge on any atom is -0.481 e. The van der Waals surface area contributed by atoms with Crippen molar-refractivity contribution in [2.24, 2.45) is 5.41 Å². The fourth-order valence-corrected chi connectivity index (χ4v) is 4.65. The molecule has 1 fully saturated rings. The van der Waals surface area contributed by atoms with Crippen molar-refractivity contribution in [2.45, 2.75) is 83.3 Å². The second-order valence-electron chi connectivity index (χ2n) is 9.60. The fourth-order valence-electron chi connectivity index (χ4n) is 4.65. The molecule has 11 nitrogen and oxygen atoms in total. The molecule has 0 unspecified atom stereocenters. The largest absolute Gasteiger partial charge is 0.481 e. The maximum Gasteiger partial charge on any atom is 0.356 e. The maximum absolute atomic E-state index is 13.0. The molecule has 2 rings (SSSR count). The lowest BCUT2D eigenvalue weighted by Crippen LogP contribution is -2.49. The van der Waals surface area contributed by atoms with Crippen LogP contribution in [0.5, 0.6) is 5.75 Å². The summed E-state index contributed by atoms with van der Waals surface area (Å²) in [6, 6.07) is 5.00. The molecule has 1 aromatic rings. The van der Waals surface area contributed by atoms with Crippen LogP contribution in [0.15, 0.2) is 24.3 Å². The Labute approximate surface area is 215 Å². The van der Waals surface area contributed by atoms with E-state index in [9.17, 15) is 29.1 Å². The maximum atomic E-state index is 13.0. The Balaban J connectivity index is 2.11. The first kappa shape index (κ1) is 29.6. The lowest BCUT2D eigenvalue weighted by atomic mass is 9.79. The molecule has 0 aliphatic heterocycles. The number of hydrogen-bond acceptors (Lipinski definition) is 6. The van der Waals surface area contributed by atoms with Crippen LogP contribution in [0.3, 0.4) is 0 Å². The standard InChI is InChI=1S/C26H36N2O9/c1-2-3-6-13-27-23(32)19(28-20(29)15-26(16-21(30)31)11-4-5-12-26)14-17-7-9-18(10-8-17)37-22(24(33)34)25(35)36/h7-10,19,22H,2-6,11-16H2,1H3,(H,27,32)(H,28,29)(H,30,31)(H,33,34)(H,35,36)/t19-/m0/s1. The van der Waals surface area contributed by atoms with E-state index in [4.69, 9.17) is 14.9 Å². The van der Waals surface area contributed by atoms with E-state index in [1.165, 1.54) is 12.1 Å². The van der Waals surface area contributed by atoms with Crippen molar-refractivity contribution in [2.75, 3.05) is 6.54 Å². The molecule has 1 atom stereocenters. The summed E-state index contributed by atoms with van der Waals surface area (Å²) in [5, 5.41) is 32.9. The quantitative estimate of drug-likeness (QED) is 0.161. The predicted molar refractivity (Wildman–Crippen MR) is 132 cm³/mol. The highest BCUT2D eigenvalue weighted by molar-refractivity contribution is 5.96. The summed E-state index contributed by atoms with van der Waals surface area (Å²) in [6.45, 7) is 2.50. The van der Waals surface area contributed by atoms with Gasteiger partial charge in [-0.1, -0.05) is 44.7 Å². The Hall–Kier alpha value is -3.63. The molecular formula is C26H36N2O9. The minimum absolute atomic E-state index is 0.0253. The second-order valence-corrected chi connectivity index (χ2v) is 9.60. The molecule has 0 aromatic heterocycles. The Bertz CT molecular complexity index is 941. The number of amides is 2. The number of carbonyl (C=O) groups excluding carboxylic acids is 2. The normalized spacial score (nSPS) is 15.1. The molecule has 0 spiro atoms. The van der Waals surface area contributed by atoms with Crippen LogP contribution in [0.2, 0.25) is 0 Å². The summed E-state index contributed by atoms with van der Waals surface area (Å²) in [5.41, 5.74) is 0.0201. The molecule has 1 aliphatic rings. The molecule has 204 valence electrons. The summed E-state index contributed by atoms with van der Waals surface area (Å²) in [7, 11) is 0. The molecule has 1 saturated carbocycles. The smallest absolute Gasteiger partial charge is 0.356 e. The zero-order chi connectivity index (χ0) is 27.4. The third-order valence-corrected chi connectivity index (χ3v) is 6.52. The number of carboxylic acids is 3. The number of rotatable bonds is 16.